The van der Waals surface area contributed by atoms with Crippen molar-refractivity contribution in [3.8, 4) is 11.3 Å². The van der Waals surface area contributed by atoms with Crippen molar-refractivity contribution in [3.63, 3.8) is 0 Å². The molecule has 7 heteroatoms. The molecule has 0 radical (unpaired) electrons. The summed E-state index contributed by atoms with van der Waals surface area (Å²) in [5.74, 6) is 1.63. The summed E-state index contributed by atoms with van der Waals surface area (Å²) in [5.41, 5.74) is 2.86. The minimum Gasteiger partial charge on any atom is -0.468 e. The standard InChI is InChI=1S/C25H31N3O4/c1-2-3-10-21(29)17-27(18-22-11-7-14-31-22)19-23-24(20-8-5-4-6-9-20)26-32-25(23)28-12-15-30-16-13-28/h2,4-9,11,14,21,29H,1,3,10,12-13,15-19H2. The van der Waals surface area contributed by atoms with Gasteiger partial charge in [-0.05, 0) is 25.0 Å². The Balaban J connectivity index is 1.64. The third kappa shape index (κ3) is 5.68. The molecular weight excluding hydrogens is 406 g/mol. The monoisotopic (exact) mass is 437 g/mol. The number of ether oxygens (including phenoxy) is 1. The lowest BCUT2D eigenvalue weighted by Crippen LogP contribution is -2.37. The molecule has 2 aromatic heterocycles. The van der Waals surface area contributed by atoms with Crippen LogP contribution in [0.2, 0.25) is 0 Å². The number of hydrogen-bond donors (Lipinski definition) is 1. The Morgan fingerprint density at radius 1 is 1.12 bits per heavy atom. The van der Waals surface area contributed by atoms with E-state index in [4.69, 9.17) is 13.7 Å². The van der Waals surface area contributed by atoms with E-state index in [9.17, 15) is 5.11 Å². The summed E-state index contributed by atoms with van der Waals surface area (Å²) in [6.07, 6.45) is 4.50. The van der Waals surface area contributed by atoms with Crippen LogP contribution in [0.3, 0.4) is 0 Å². The van der Waals surface area contributed by atoms with E-state index >= 15 is 0 Å². The maximum absolute atomic E-state index is 10.6. The van der Waals surface area contributed by atoms with E-state index < -0.39 is 6.10 Å². The van der Waals surface area contributed by atoms with E-state index in [0.717, 1.165) is 48.0 Å². The number of hydrogen-bond acceptors (Lipinski definition) is 7. The SMILES string of the molecule is C=CCCC(O)CN(Cc1ccco1)Cc1c(-c2ccccc2)noc1N1CCOCC1. The highest BCUT2D eigenvalue weighted by Crippen LogP contribution is 2.33. The molecule has 0 aliphatic carbocycles. The Morgan fingerprint density at radius 2 is 1.94 bits per heavy atom. The number of nitrogens with zero attached hydrogens (tertiary/aromatic N) is 3. The summed E-state index contributed by atoms with van der Waals surface area (Å²) >= 11 is 0. The molecule has 0 saturated carbocycles. The van der Waals surface area contributed by atoms with Crippen LogP contribution in [0.15, 0.2) is 70.3 Å². The number of anilines is 1. The number of rotatable bonds is 11. The van der Waals surface area contributed by atoms with Gasteiger partial charge in [-0.1, -0.05) is 41.6 Å². The van der Waals surface area contributed by atoms with E-state index in [1.165, 1.54) is 0 Å². The molecule has 1 N–H and O–H groups in total. The molecule has 3 aromatic rings. The summed E-state index contributed by atoms with van der Waals surface area (Å²) in [7, 11) is 0. The van der Waals surface area contributed by atoms with Gasteiger partial charge in [0.15, 0.2) is 0 Å². The molecule has 1 fully saturated rings. The molecule has 1 aromatic carbocycles. The normalized spacial score (nSPS) is 15.2. The lowest BCUT2D eigenvalue weighted by atomic mass is 10.1. The van der Waals surface area contributed by atoms with Gasteiger partial charge in [-0.15, -0.1) is 6.58 Å². The Labute approximate surface area is 188 Å². The second-order valence-electron chi connectivity index (χ2n) is 8.05. The molecular formula is C25H31N3O4. The molecule has 32 heavy (non-hydrogen) atoms. The van der Waals surface area contributed by atoms with Gasteiger partial charge < -0.3 is 23.7 Å². The number of aliphatic hydroxyl groups is 1. The highest BCUT2D eigenvalue weighted by atomic mass is 16.5. The van der Waals surface area contributed by atoms with Crippen molar-refractivity contribution in [3.05, 3.63) is 72.7 Å². The van der Waals surface area contributed by atoms with Crippen molar-refractivity contribution >= 4 is 5.88 Å². The van der Waals surface area contributed by atoms with E-state index in [-0.39, 0.29) is 0 Å². The van der Waals surface area contributed by atoms with Crippen molar-refractivity contribution in [2.75, 3.05) is 37.7 Å². The molecule has 4 rings (SSSR count). The van der Waals surface area contributed by atoms with Gasteiger partial charge in [-0.3, -0.25) is 4.90 Å². The van der Waals surface area contributed by atoms with Gasteiger partial charge in [0.2, 0.25) is 5.88 Å². The van der Waals surface area contributed by atoms with Crippen LogP contribution in [0.5, 0.6) is 0 Å². The molecule has 1 saturated heterocycles. The van der Waals surface area contributed by atoms with Crippen LogP contribution in [0.25, 0.3) is 11.3 Å². The number of allylic oxidation sites excluding steroid dienone is 1. The largest absolute Gasteiger partial charge is 0.468 e. The molecule has 0 bridgehead atoms. The summed E-state index contributed by atoms with van der Waals surface area (Å²) in [4.78, 5) is 4.38. The fraction of sp³-hybridized carbons (Fsp3) is 0.400. The lowest BCUT2D eigenvalue weighted by Gasteiger charge is -2.29. The first kappa shape index (κ1) is 22.3. The molecule has 7 nitrogen and oxygen atoms in total. The van der Waals surface area contributed by atoms with Gasteiger partial charge in [0.25, 0.3) is 0 Å². The van der Waals surface area contributed by atoms with E-state index in [1.54, 1.807) is 6.26 Å². The van der Waals surface area contributed by atoms with Gasteiger partial charge in [-0.2, -0.15) is 0 Å². The van der Waals surface area contributed by atoms with Gasteiger partial charge >= 0.3 is 0 Å². The predicted molar refractivity (Wildman–Crippen MR) is 123 cm³/mol. The zero-order valence-electron chi connectivity index (χ0n) is 18.4. The predicted octanol–water partition coefficient (Wildman–Crippen LogP) is 4.10. The van der Waals surface area contributed by atoms with Crippen LogP contribution in [0.4, 0.5) is 5.88 Å². The molecule has 1 unspecified atom stereocenters. The van der Waals surface area contributed by atoms with Crippen molar-refractivity contribution in [1.82, 2.24) is 10.1 Å². The smallest absolute Gasteiger partial charge is 0.232 e. The first-order valence-corrected chi connectivity index (χ1v) is 11.1. The average molecular weight is 438 g/mol. The number of furan rings is 1. The van der Waals surface area contributed by atoms with Crippen LogP contribution in [0, 0.1) is 0 Å². The Bertz CT molecular complexity index is 949. The van der Waals surface area contributed by atoms with E-state index in [1.807, 2.05) is 48.5 Å². The molecule has 0 amide bonds. The molecule has 170 valence electrons. The maximum atomic E-state index is 10.6. The Kier molecular flexibility index (Phi) is 7.77. The van der Waals surface area contributed by atoms with Gasteiger partial charge in [0, 0.05) is 31.7 Å². The van der Waals surface area contributed by atoms with Crippen molar-refractivity contribution in [2.45, 2.75) is 32.0 Å². The van der Waals surface area contributed by atoms with Gasteiger partial charge in [0.1, 0.15) is 11.5 Å². The third-order valence-corrected chi connectivity index (χ3v) is 5.63. The summed E-state index contributed by atoms with van der Waals surface area (Å²) in [5, 5.41) is 15.1. The van der Waals surface area contributed by atoms with Crippen molar-refractivity contribution in [1.29, 1.82) is 0 Å². The minimum atomic E-state index is -0.463. The Hall–Kier alpha value is -2.87. The van der Waals surface area contributed by atoms with Crippen LogP contribution in [0.1, 0.15) is 24.2 Å². The fourth-order valence-corrected chi connectivity index (χ4v) is 4.01. The van der Waals surface area contributed by atoms with Crippen LogP contribution in [-0.4, -0.2) is 54.1 Å². The van der Waals surface area contributed by atoms with Crippen molar-refractivity contribution < 1.29 is 18.8 Å². The summed E-state index contributed by atoms with van der Waals surface area (Å²) in [6.45, 7) is 8.28. The number of morpholine rings is 1. The number of benzene rings is 1. The quantitative estimate of drug-likeness (QED) is 0.453. The highest BCUT2D eigenvalue weighted by molar-refractivity contribution is 5.68. The van der Waals surface area contributed by atoms with Crippen LogP contribution >= 0.6 is 0 Å². The van der Waals surface area contributed by atoms with Crippen LogP contribution < -0.4 is 4.90 Å². The zero-order valence-corrected chi connectivity index (χ0v) is 18.4. The number of aromatic nitrogens is 1. The third-order valence-electron chi connectivity index (χ3n) is 5.63. The second-order valence-corrected chi connectivity index (χ2v) is 8.05. The summed E-state index contributed by atoms with van der Waals surface area (Å²) < 4.78 is 17.0. The molecule has 1 aliphatic heterocycles. The highest BCUT2D eigenvalue weighted by Gasteiger charge is 2.26. The van der Waals surface area contributed by atoms with E-state index in [0.29, 0.717) is 39.3 Å². The molecule has 3 heterocycles. The number of aliphatic hydroxyl groups excluding tert-OH is 1. The first-order chi connectivity index (χ1) is 15.7. The van der Waals surface area contributed by atoms with Crippen molar-refractivity contribution in [2.24, 2.45) is 0 Å². The first-order valence-electron chi connectivity index (χ1n) is 11.1. The second kappa shape index (κ2) is 11.1. The average Bonchev–Trinajstić information content (AvgIpc) is 3.49. The molecule has 0 spiro atoms. The maximum Gasteiger partial charge on any atom is 0.232 e. The minimum absolute atomic E-state index is 0.463. The lowest BCUT2D eigenvalue weighted by molar-refractivity contribution is 0.0942. The van der Waals surface area contributed by atoms with E-state index in [2.05, 4.69) is 21.5 Å². The summed E-state index contributed by atoms with van der Waals surface area (Å²) in [6, 6.07) is 13.9. The van der Waals surface area contributed by atoms with Gasteiger partial charge in [0.05, 0.1) is 37.7 Å². The topological polar surface area (TPSA) is 75.1 Å². The molecule has 1 aliphatic rings. The van der Waals surface area contributed by atoms with Gasteiger partial charge in [-0.25, -0.2) is 0 Å². The molecule has 1 atom stereocenters. The zero-order chi connectivity index (χ0) is 22.2. The Morgan fingerprint density at radius 3 is 2.66 bits per heavy atom. The van der Waals surface area contributed by atoms with Crippen LogP contribution in [-0.2, 0) is 17.8 Å². The fourth-order valence-electron chi connectivity index (χ4n) is 4.01.